The van der Waals surface area contributed by atoms with Crippen molar-refractivity contribution in [1.82, 2.24) is 20.2 Å². The van der Waals surface area contributed by atoms with Crippen LogP contribution in [0.5, 0.6) is 5.88 Å². The molecule has 3 rings (SSSR count). The topological polar surface area (TPSA) is 53.5 Å². The fourth-order valence-electron chi connectivity index (χ4n) is 2.78. The van der Waals surface area contributed by atoms with Gasteiger partial charge < -0.3 is 15.0 Å². The van der Waals surface area contributed by atoms with E-state index >= 15 is 0 Å². The molecule has 0 atom stereocenters. The zero-order valence-electron chi connectivity index (χ0n) is 11.6. The second-order valence-electron chi connectivity index (χ2n) is 5.17. The Balaban J connectivity index is 1.67. The number of anilines is 1. The standard InChI is InChI=1S/C13H21N5O/c1-10-12(15-9-16-13(10)19-2)18-5-3-17(4-6-18)11-7-14-8-11/h9,11,14H,3-8H2,1-2H3. The predicted octanol–water partition coefficient (Wildman–Crippen LogP) is -0.113. The van der Waals surface area contributed by atoms with Gasteiger partial charge in [0.15, 0.2) is 0 Å². The molecule has 3 heterocycles. The van der Waals surface area contributed by atoms with Gasteiger partial charge in [0.2, 0.25) is 5.88 Å². The summed E-state index contributed by atoms with van der Waals surface area (Å²) in [7, 11) is 1.65. The van der Waals surface area contributed by atoms with Gasteiger partial charge in [-0.05, 0) is 6.92 Å². The molecule has 2 aliphatic rings. The number of piperazine rings is 1. The average Bonchev–Trinajstić information content (AvgIpc) is 2.38. The van der Waals surface area contributed by atoms with E-state index in [1.165, 1.54) is 0 Å². The van der Waals surface area contributed by atoms with E-state index in [0.29, 0.717) is 5.88 Å². The van der Waals surface area contributed by atoms with Crippen LogP contribution in [0.1, 0.15) is 5.56 Å². The minimum absolute atomic E-state index is 0.677. The van der Waals surface area contributed by atoms with Gasteiger partial charge in [-0.25, -0.2) is 9.97 Å². The molecule has 0 spiro atoms. The third-order valence-electron chi connectivity index (χ3n) is 4.09. The van der Waals surface area contributed by atoms with Crippen LogP contribution in [-0.4, -0.2) is 67.3 Å². The van der Waals surface area contributed by atoms with E-state index in [-0.39, 0.29) is 0 Å². The molecule has 0 radical (unpaired) electrons. The SMILES string of the molecule is COc1ncnc(N2CCN(C3CNC3)CC2)c1C. The maximum absolute atomic E-state index is 5.27. The molecule has 6 heteroatoms. The van der Waals surface area contributed by atoms with Crippen molar-refractivity contribution in [3.05, 3.63) is 11.9 Å². The smallest absolute Gasteiger partial charge is 0.221 e. The number of aromatic nitrogens is 2. The molecule has 19 heavy (non-hydrogen) atoms. The summed E-state index contributed by atoms with van der Waals surface area (Å²) in [6, 6.07) is 0.739. The van der Waals surface area contributed by atoms with E-state index < -0.39 is 0 Å². The van der Waals surface area contributed by atoms with Crippen LogP contribution in [0.2, 0.25) is 0 Å². The summed E-state index contributed by atoms with van der Waals surface area (Å²) in [4.78, 5) is 13.5. The fraction of sp³-hybridized carbons (Fsp3) is 0.692. The first-order valence-electron chi connectivity index (χ1n) is 6.85. The summed E-state index contributed by atoms with van der Waals surface area (Å²) in [5.41, 5.74) is 1.03. The van der Waals surface area contributed by atoms with Gasteiger partial charge in [0.05, 0.1) is 12.7 Å². The van der Waals surface area contributed by atoms with Gasteiger partial charge in [0, 0.05) is 45.3 Å². The molecule has 0 bridgehead atoms. The first kappa shape index (κ1) is 12.6. The number of nitrogens with zero attached hydrogens (tertiary/aromatic N) is 4. The zero-order chi connectivity index (χ0) is 13.2. The Morgan fingerprint density at radius 3 is 2.53 bits per heavy atom. The quantitative estimate of drug-likeness (QED) is 0.821. The van der Waals surface area contributed by atoms with Gasteiger partial charge in [-0.1, -0.05) is 0 Å². The van der Waals surface area contributed by atoms with Gasteiger partial charge in [0.1, 0.15) is 12.1 Å². The van der Waals surface area contributed by atoms with Crippen LogP contribution in [0.4, 0.5) is 5.82 Å². The monoisotopic (exact) mass is 263 g/mol. The predicted molar refractivity (Wildman–Crippen MR) is 73.8 cm³/mol. The number of nitrogens with one attached hydrogen (secondary N) is 1. The molecule has 1 N–H and O–H groups in total. The highest BCUT2D eigenvalue weighted by molar-refractivity contribution is 5.50. The summed E-state index contributed by atoms with van der Waals surface area (Å²) in [5.74, 6) is 1.69. The van der Waals surface area contributed by atoms with Crippen LogP contribution in [0.3, 0.4) is 0 Å². The van der Waals surface area contributed by atoms with Crippen molar-refractivity contribution in [2.45, 2.75) is 13.0 Å². The van der Waals surface area contributed by atoms with Crippen LogP contribution in [0.25, 0.3) is 0 Å². The van der Waals surface area contributed by atoms with E-state index in [1.54, 1.807) is 13.4 Å². The molecule has 0 amide bonds. The van der Waals surface area contributed by atoms with Gasteiger partial charge >= 0.3 is 0 Å². The van der Waals surface area contributed by atoms with E-state index in [1.807, 2.05) is 6.92 Å². The average molecular weight is 263 g/mol. The minimum atomic E-state index is 0.677. The highest BCUT2D eigenvalue weighted by Gasteiger charge is 2.28. The normalized spacial score (nSPS) is 21.3. The third kappa shape index (κ3) is 2.37. The van der Waals surface area contributed by atoms with E-state index in [4.69, 9.17) is 4.74 Å². The third-order valence-corrected chi connectivity index (χ3v) is 4.09. The molecular formula is C13H21N5O. The summed E-state index contributed by atoms with van der Waals surface area (Å²) in [6.07, 6.45) is 1.59. The number of methoxy groups -OCH3 is 1. The molecule has 0 aromatic carbocycles. The maximum atomic E-state index is 5.27. The highest BCUT2D eigenvalue weighted by Crippen LogP contribution is 2.24. The summed E-state index contributed by atoms with van der Waals surface area (Å²) in [6.45, 7) is 8.57. The lowest BCUT2D eigenvalue weighted by molar-refractivity contribution is 0.137. The summed E-state index contributed by atoms with van der Waals surface area (Å²) in [5, 5.41) is 3.33. The van der Waals surface area contributed by atoms with E-state index in [0.717, 1.165) is 56.7 Å². The lowest BCUT2D eigenvalue weighted by Crippen LogP contribution is -2.61. The second kappa shape index (κ2) is 5.30. The van der Waals surface area contributed by atoms with Crippen LogP contribution in [-0.2, 0) is 0 Å². The van der Waals surface area contributed by atoms with Crippen molar-refractivity contribution in [3.63, 3.8) is 0 Å². The highest BCUT2D eigenvalue weighted by atomic mass is 16.5. The first-order chi connectivity index (χ1) is 9.29. The molecule has 1 aromatic heterocycles. The molecule has 2 saturated heterocycles. The van der Waals surface area contributed by atoms with Crippen molar-refractivity contribution in [1.29, 1.82) is 0 Å². The van der Waals surface area contributed by atoms with E-state index in [9.17, 15) is 0 Å². The number of ether oxygens (including phenoxy) is 1. The Morgan fingerprint density at radius 1 is 1.21 bits per heavy atom. The van der Waals surface area contributed by atoms with Crippen molar-refractivity contribution in [2.24, 2.45) is 0 Å². The molecule has 104 valence electrons. The largest absolute Gasteiger partial charge is 0.481 e. The van der Waals surface area contributed by atoms with Crippen LogP contribution < -0.4 is 15.0 Å². The van der Waals surface area contributed by atoms with E-state index in [2.05, 4.69) is 25.1 Å². The first-order valence-corrected chi connectivity index (χ1v) is 6.85. The lowest BCUT2D eigenvalue weighted by Gasteiger charge is -2.43. The minimum Gasteiger partial charge on any atom is -0.481 e. The van der Waals surface area contributed by atoms with Gasteiger partial charge in [-0.15, -0.1) is 0 Å². The van der Waals surface area contributed by atoms with Crippen LogP contribution in [0, 0.1) is 6.92 Å². The van der Waals surface area contributed by atoms with Crippen molar-refractivity contribution in [3.8, 4) is 5.88 Å². The maximum Gasteiger partial charge on any atom is 0.221 e. The van der Waals surface area contributed by atoms with Crippen LogP contribution in [0.15, 0.2) is 6.33 Å². The number of hydrogen-bond acceptors (Lipinski definition) is 6. The summed E-state index contributed by atoms with van der Waals surface area (Å²) >= 11 is 0. The van der Waals surface area contributed by atoms with Crippen molar-refractivity contribution >= 4 is 5.82 Å². The molecule has 0 aliphatic carbocycles. The Hall–Kier alpha value is -1.40. The second-order valence-corrected chi connectivity index (χ2v) is 5.17. The molecule has 0 saturated carbocycles. The Kier molecular flexibility index (Phi) is 3.52. The van der Waals surface area contributed by atoms with Gasteiger partial charge in [-0.2, -0.15) is 0 Å². The Morgan fingerprint density at radius 2 is 1.95 bits per heavy atom. The van der Waals surface area contributed by atoms with Crippen molar-refractivity contribution in [2.75, 3.05) is 51.3 Å². The molecule has 0 unspecified atom stereocenters. The van der Waals surface area contributed by atoms with Gasteiger partial charge in [-0.3, -0.25) is 4.90 Å². The summed E-state index contributed by atoms with van der Waals surface area (Å²) < 4.78 is 5.27. The molecular weight excluding hydrogens is 242 g/mol. The van der Waals surface area contributed by atoms with Crippen LogP contribution >= 0.6 is 0 Å². The molecule has 1 aromatic rings. The number of hydrogen-bond donors (Lipinski definition) is 1. The zero-order valence-corrected chi connectivity index (χ0v) is 11.6. The molecule has 6 nitrogen and oxygen atoms in total. The fourth-order valence-corrected chi connectivity index (χ4v) is 2.78. The molecule has 2 aliphatic heterocycles. The Labute approximate surface area is 113 Å². The number of rotatable bonds is 3. The lowest BCUT2D eigenvalue weighted by atomic mass is 10.1. The van der Waals surface area contributed by atoms with Gasteiger partial charge in [0.25, 0.3) is 0 Å². The molecule has 2 fully saturated rings. The Bertz CT molecular complexity index is 441. The van der Waals surface area contributed by atoms with Crippen molar-refractivity contribution < 1.29 is 4.74 Å².